The summed E-state index contributed by atoms with van der Waals surface area (Å²) in [5, 5.41) is 2.31. The van der Waals surface area contributed by atoms with Gasteiger partial charge in [0, 0.05) is 18.8 Å². The molecule has 8 heteroatoms. The van der Waals surface area contributed by atoms with Crippen molar-refractivity contribution >= 4 is 23.3 Å². The van der Waals surface area contributed by atoms with E-state index in [9.17, 15) is 18.4 Å². The largest absolute Gasteiger partial charge is 0.464 e. The topological polar surface area (TPSA) is 71.5 Å². The number of pyridine rings is 1. The molecule has 0 unspecified atom stereocenters. The van der Waals surface area contributed by atoms with Crippen molar-refractivity contribution < 1.29 is 23.1 Å². The Morgan fingerprint density at radius 1 is 1.33 bits per heavy atom. The molecule has 27 heavy (non-hydrogen) atoms. The summed E-state index contributed by atoms with van der Waals surface area (Å²) in [4.78, 5) is 31.4. The van der Waals surface area contributed by atoms with Crippen molar-refractivity contribution in [2.75, 3.05) is 16.8 Å². The van der Waals surface area contributed by atoms with Gasteiger partial charge >= 0.3 is 0 Å². The third-order valence-corrected chi connectivity index (χ3v) is 4.32. The fraction of sp³-hybridized carbons (Fsp3) is 0.316. The molecule has 1 aliphatic rings. The van der Waals surface area contributed by atoms with E-state index in [4.69, 9.17) is 4.74 Å². The monoisotopic (exact) mass is 375 g/mol. The Kier molecular flexibility index (Phi) is 5.07. The first kappa shape index (κ1) is 18.8. The quantitative estimate of drug-likeness (QED) is 0.814. The number of hydrogen-bond donors (Lipinski definition) is 1. The molecule has 1 aliphatic heterocycles. The van der Waals surface area contributed by atoms with Crippen LogP contribution in [0.2, 0.25) is 0 Å². The van der Waals surface area contributed by atoms with Crippen LogP contribution in [0.1, 0.15) is 26.7 Å². The molecule has 1 N–H and O–H groups in total. The van der Waals surface area contributed by atoms with Gasteiger partial charge in [0.05, 0.1) is 5.69 Å². The van der Waals surface area contributed by atoms with Gasteiger partial charge in [0.15, 0.2) is 11.6 Å². The molecular weight excluding hydrogens is 356 g/mol. The number of nitrogens with zero attached hydrogens (tertiary/aromatic N) is 2. The van der Waals surface area contributed by atoms with Crippen LogP contribution in [0.15, 0.2) is 36.5 Å². The maximum Gasteiger partial charge on any atom is 0.282 e. The summed E-state index contributed by atoms with van der Waals surface area (Å²) in [6.45, 7) is 3.67. The predicted octanol–water partition coefficient (Wildman–Crippen LogP) is 3.28. The zero-order valence-electron chi connectivity index (χ0n) is 15.0. The summed E-state index contributed by atoms with van der Waals surface area (Å²) in [7, 11) is 0. The first-order chi connectivity index (χ1) is 12.9. The van der Waals surface area contributed by atoms with Crippen molar-refractivity contribution in [1.29, 1.82) is 0 Å². The van der Waals surface area contributed by atoms with E-state index in [2.05, 4.69) is 10.3 Å². The van der Waals surface area contributed by atoms with Crippen LogP contribution in [0.4, 0.5) is 20.3 Å². The van der Waals surface area contributed by atoms with E-state index in [0.29, 0.717) is 24.8 Å². The molecule has 1 atom stereocenters. The summed E-state index contributed by atoms with van der Waals surface area (Å²) < 4.78 is 32.6. The van der Waals surface area contributed by atoms with Crippen molar-refractivity contribution in [3.63, 3.8) is 0 Å². The molecule has 0 saturated carbocycles. The molecule has 0 spiro atoms. The molecule has 3 rings (SSSR count). The van der Waals surface area contributed by atoms with Gasteiger partial charge in [-0.3, -0.25) is 14.5 Å². The maximum atomic E-state index is 13.9. The summed E-state index contributed by atoms with van der Waals surface area (Å²) >= 11 is 0. The predicted molar refractivity (Wildman–Crippen MR) is 95.5 cm³/mol. The third-order valence-electron chi connectivity index (χ3n) is 4.32. The van der Waals surface area contributed by atoms with Gasteiger partial charge in [-0.1, -0.05) is 13.3 Å². The Labute approximate surface area is 155 Å². The number of nitrogens with one attached hydrogen (secondary N) is 1. The molecular formula is C19H19F2N3O3. The minimum Gasteiger partial charge on any atom is -0.464 e. The SMILES string of the molecule is CCCCN1C(=O)[C@](C)(C(=O)Nc2ccc(F)cc2F)Oc2cccnc21. The van der Waals surface area contributed by atoms with Crippen molar-refractivity contribution in [3.8, 4) is 5.75 Å². The zero-order chi connectivity index (χ0) is 19.6. The van der Waals surface area contributed by atoms with Gasteiger partial charge in [-0.25, -0.2) is 13.8 Å². The van der Waals surface area contributed by atoms with Crippen LogP contribution in [-0.4, -0.2) is 28.9 Å². The molecule has 0 bridgehead atoms. The van der Waals surface area contributed by atoms with E-state index in [1.54, 1.807) is 12.1 Å². The number of halogens is 2. The molecule has 6 nitrogen and oxygen atoms in total. The number of hydrogen-bond acceptors (Lipinski definition) is 4. The highest BCUT2D eigenvalue weighted by atomic mass is 19.1. The van der Waals surface area contributed by atoms with Gasteiger partial charge in [0.1, 0.15) is 11.6 Å². The number of carbonyl (C=O) groups is 2. The lowest BCUT2D eigenvalue weighted by atomic mass is 10.0. The van der Waals surface area contributed by atoms with Gasteiger partial charge in [0.25, 0.3) is 17.4 Å². The summed E-state index contributed by atoms with van der Waals surface area (Å²) in [6, 6.07) is 5.98. The maximum absolute atomic E-state index is 13.9. The summed E-state index contributed by atoms with van der Waals surface area (Å²) in [6.07, 6.45) is 3.09. The second-order valence-corrected chi connectivity index (χ2v) is 6.35. The van der Waals surface area contributed by atoms with Crippen LogP contribution in [0.25, 0.3) is 0 Å². The number of rotatable bonds is 5. The second kappa shape index (κ2) is 7.30. The molecule has 1 aromatic heterocycles. The molecule has 0 saturated heterocycles. The molecule has 142 valence electrons. The number of aromatic nitrogens is 1. The first-order valence-corrected chi connectivity index (χ1v) is 8.59. The van der Waals surface area contributed by atoms with E-state index in [1.807, 2.05) is 6.92 Å². The van der Waals surface area contributed by atoms with E-state index in [1.165, 1.54) is 18.0 Å². The fourth-order valence-corrected chi connectivity index (χ4v) is 2.78. The summed E-state index contributed by atoms with van der Waals surface area (Å²) in [5.41, 5.74) is -2.15. The standard InChI is InChI=1S/C19H19F2N3O3/c1-3-4-10-24-16-15(6-5-9-22-16)27-19(2,18(24)26)17(25)23-14-8-7-12(20)11-13(14)21/h5-9,11H,3-4,10H2,1-2H3,(H,23,25)/t19-/m0/s1. The minimum atomic E-state index is -1.91. The third kappa shape index (κ3) is 3.47. The molecule has 0 aliphatic carbocycles. The Morgan fingerprint density at radius 2 is 2.11 bits per heavy atom. The van der Waals surface area contributed by atoms with Gasteiger partial charge in [-0.2, -0.15) is 0 Å². The highest BCUT2D eigenvalue weighted by Crippen LogP contribution is 2.36. The normalized spacial score (nSPS) is 18.7. The number of amides is 2. The zero-order valence-corrected chi connectivity index (χ0v) is 15.0. The van der Waals surface area contributed by atoms with Crippen LogP contribution in [0.3, 0.4) is 0 Å². The Bertz CT molecular complexity index is 890. The van der Waals surface area contributed by atoms with Crippen LogP contribution in [0, 0.1) is 11.6 Å². The van der Waals surface area contributed by atoms with Crippen LogP contribution in [0.5, 0.6) is 5.75 Å². The number of benzene rings is 1. The number of ether oxygens (including phenoxy) is 1. The second-order valence-electron chi connectivity index (χ2n) is 6.35. The number of anilines is 2. The van der Waals surface area contributed by atoms with E-state index in [-0.39, 0.29) is 11.4 Å². The van der Waals surface area contributed by atoms with Gasteiger partial charge in [0.2, 0.25) is 0 Å². The van der Waals surface area contributed by atoms with Gasteiger partial charge in [-0.05, 0) is 37.6 Å². The Balaban J connectivity index is 1.93. The van der Waals surface area contributed by atoms with Crippen molar-refractivity contribution in [2.45, 2.75) is 32.3 Å². The molecule has 0 radical (unpaired) electrons. The van der Waals surface area contributed by atoms with Crippen molar-refractivity contribution in [1.82, 2.24) is 4.98 Å². The smallest absolute Gasteiger partial charge is 0.282 e. The molecule has 0 fully saturated rings. The van der Waals surface area contributed by atoms with Crippen LogP contribution < -0.4 is 15.0 Å². The molecule has 2 aromatic rings. The number of unbranched alkanes of at least 4 members (excludes halogenated alkanes) is 1. The molecule has 1 aromatic carbocycles. The average Bonchev–Trinajstić information content (AvgIpc) is 2.64. The van der Waals surface area contributed by atoms with E-state index in [0.717, 1.165) is 18.6 Å². The summed E-state index contributed by atoms with van der Waals surface area (Å²) in [5.74, 6) is -2.54. The lowest BCUT2D eigenvalue weighted by Crippen LogP contribution is -2.61. The van der Waals surface area contributed by atoms with Gasteiger partial charge in [-0.15, -0.1) is 0 Å². The van der Waals surface area contributed by atoms with Crippen molar-refractivity contribution in [2.24, 2.45) is 0 Å². The van der Waals surface area contributed by atoms with Gasteiger partial charge < -0.3 is 10.1 Å². The van der Waals surface area contributed by atoms with Crippen LogP contribution in [-0.2, 0) is 9.59 Å². The van der Waals surface area contributed by atoms with E-state index >= 15 is 0 Å². The lowest BCUT2D eigenvalue weighted by Gasteiger charge is -2.38. The van der Waals surface area contributed by atoms with E-state index < -0.39 is 29.0 Å². The molecule has 2 heterocycles. The number of carbonyl (C=O) groups excluding carboxylic acids is 2. The average molecular weight is 375 g/mol. The highest BCUT2D eigenvalue weighted by Gasteiger charge is 2.51. The highest BCUT2D eigenvalue weighted by molar-refractivity contribution is 6.19. The minimum absolute atomic E-state index is 0.240. The fourth-order valence-electron chi connectivity index (χ4n) is 2.78. The Morgan fingerprint density at radius 3 is 2.81 bits per heavy atom. The number of fused-ring (bicyclic) bond motifs is 1. The van der Waals surface area contributed by atoms with Crippen molar-refractivity contribution in [3.05, 3.63) is 48.2 Å². The Hall–Kier alpha value is -3.03. The first-order valence-electron chi connectivity index (χ1n) is 8.59. The lowest BCUT2D eigenvalue weighted by molar-refractivity contribution is -0.145. The van der Waals surface area contributed by atoms with Crippen LogP contribution >= 0.6 is 0 Å². The molecule has 2 amide bonds.